The number of benzene rings is 2. The minimum Gasteiger partial charge on any atom is -0.508 e. The van der Waals surface area contributed by atoms with Crippen LogP contribution in [0.3, 0.4) is 0 Å². The first-order chi connectivity index (χ1) is 15.2. The molecule has 2 aromatic carbocycles. The maximum Gasteiger partial charge on any atom is 0.296 e. The van der Waals surface area contributed by atoms with E-state index in [9.17, 15) is 14.7 Å². The van der Waals surface area contributed by atoms with Crippen LogP contribution in [0.4, 0.5) is 5.69 Å². The monoisotopic (exact) mass is 507 g/mol. The highest BCUT2D eigenvalue weighted by Crippen LogP contribution is 2.35. The molecule has 0 radical (unpaired) electrons. The molecule has 2 aromatic heterocycles. The summed E-state index contributed by atoms with van der Waals surface area (Å²) in [7, 11) is 0. The molecule has 6 nitrogen and oxygen atoms in total. The summed E-state index contributed by atoms with van der Waals surface area (Å²) in [6.07, 6.45) is 1.40. The Labute approximate surface area is 202 Å². The molecular formula is C22H13Cl4N3O3. The number of carbonyl (C=O) groups is 2. The highest BCUT2D eigenvalue weighted by Gasteiger charge is 2.27. The number of halogens is 4. The van der Waals surface area contributed by atoms with Gasteiger partial charge in [0.1, 0.15) is 16.1 Å². The Morgan fingerprint density at radius 1 is 1.00 bits per heavy atom. The van der Waals surface area contributed by atoms with E-state index in [-0.39, 0.29) is 28.2 Å². The van der Waals surface area contributed by atoms with Crippen molar-refractivity contribution in [2.24, 2.45) is 0 Å². The number of phenolic OH excluding ortho intramolecular Hbond substituents is 1. The van der Waals surface area contributed by atoms with Crippen molar-refractivity contribution in [2.45, 2.75) is 6.54 Å². The highest BCUT2D eigenvalue weighted by atomic mass is 35.5. The van der Waals surface area contributed by atoms with Gasteiger partial charge in [0.05, 0.1) is 17.6 Å². The Hall–Kier alpha value is -2.77. The number of amides is 1. The van der Waals surface area contributed by atoms with Crippen molar-refractivity contribution in [3.8, 4) is 5.75 Å². The third kappa shape index (κ3) is 4.40. The van der Waals surface area contributed by atoms with Crippen molar-refractivity contribution >= 4 is 74.7 Å². The first-order valence-corrected chi connectivity index (χ1v) is 10.7. The summed E-state index contributed by atoms with van der Waals surface area (Å²) < 4.78 is 1.63. The number of nitrogens with one attached hydrogen (secondary N) is 1. The van der Waals surface area contributed by atoms with Gasteiger partial charge in [-0.1, -0.05) is 52.5 Å². The lowest BCUT2D eigenvalue weighted by molar-refractivity contribution is -0.112. The largest absolute Gasteiger partial charge is 0.508 e. The fourth-order valence-electron chi connectivity index (χ4n) is 3.28. The minimum absolute atomic E-state index is 0.0320. The van der Waals surface area contributed by atoms with Gasteiger partial charge in [0.15, 0.2) is 0 Å². The lowest BCUT2D eigenvalue weighted by Gasteiger charge is -2.10. The summed E-state index contributed by atoms with van der Waals surface area (Å²) in [6.45, 7) is 0.213. The van der Waals surface area contributed by atoms with Gasteiger partial charge in [0.2, 0.25) is 0 Å². The third-order valence-electron chi connectivity index (χ3n) is 4.74. The second-order valence-corrected chi connectivity index (χ2v) is 8.43. The molecule has 0 aliphatic rings. The van der Waals surface area contributed by atoms with Crippen LogP contribution in [-0.4, -0.2) is 26.3 Å². The quantitative estimate of drug-likeness (QED) is 0.190. The lowest BCUT2D eigenvalue weighted by Crippen LogP contribution is -2.23. The van der Waals surface area contributed by atoms with Gasteiger partial charge in [-0.3, -0.25) is 9.59 Å². The van der Waals surface area contributed by atoms with E-state index >= 15 is 0 Å². The zero-order valence-electron chi connectivity index (χ0n) is 16.1. The normalized spacial score (nSPS) is 11.0. The van der Waals surface area contributed by atoms with Crippen LogP contribution in [-0.2, 0) is 11.3 Å². The maximum absolute atomic E-state index is 13.1. The Morgan fingerprint density at radius 2 is 1.78 bits per heavy atom. The molecule has 0 atom stereocenters. The number of Topliss-reactive ketones (excluding diaryl/α,β-unsaturated/α-hetero) is 1. The minimum atomic E-state index is -0.916. The number of phenols is 1. The zero-order chi connectivity index (χ0) is 23.0. The molecule has 2 N–H and O–H groups in total. The molecule has 0 saturated heterocycles. The number of carbonyl (C=O) groups excluding carboxylic acids is 2. The van der Waals surface area contributed by atoms with E-state index in [1.165, 1.54) is 30.5 Å². The second kappa shape index (κ2) is 9.00. The molecule has 10 heteroatoms. The van der Waals surface area contributed by atoms with Crippen molar-refractivity contribution in [3.63, 3.8) is 0 Å². The number of rotatable bonds is 5. The van der Waals surface area contributed by atoms with Crippen molar-refractivity contribution in [1.82, 2.24) is 9.55 Å². The standard InChI is InChI=1S/C22H13Cl4N3O3/c23-12-2-1-11(16(24)7-12)10-29-17-4-3-14(30)9-15(17)19(21(29)26)20(31)22(32)28-13-5-6-27-18(25)8-13/h1-9,30H,10H2,(H,27,28,32). The molecule has 0 bridgehead atoms. The van der Waals surface area contributed by atoms with Gasteiger partial charge in [-0.2, -0.15) is 0 Å². The van der Waals surface area contributed by atoms with Gasteiger partial charge >= 0.3 is 0 Å². The molecule has 0 unspecified atom stereocenters. The topological polar surface area (TPSA) is 84.2 Å². The molecule has 4 aromatic rings. The number of anilines is 1. The van der Waals surface area contributed by atoms with Crippen LogP contribution in [0.5, 0.6) is 5.75 Å². The fraction of sp³-hybridized carbons (Fsp3) is 0.0455. The number of nitrogens with zero attached hydrogens (tertiary/aromatic N) is 2. The number of ketones is 1. The average Bonchev–Trinajstić information content (AvgIpc) is 3.00. The predicted octanol–water partition coefficient (Wildman–Crippen LogP) is 6.23. The molecule has 0 aliphatic heterocycles. The van der Waals surface area contributed by atoms with E-state index in [0.717, 1.165) is 0 Å². The maximum atomic E-state index is 13.1. The summed E-state index contributed by atoms with van der Waals surface area (Å²) in [5.74, 6) is -1.87. The van der Waals surface area contributed by atoms with E-state index in [0.29, 0.717) is 32.2 Å². The Kier molecular flexibility index (Phi) is 6.31. The summed E-state index contributed by atoms with van der Waals surface area (Å²) in [5.41, 5.74) is 1.51. The van der Waals surface area contributed by atoms with Gasteiger partial charge < -0.3 is 15.0 Å². The molecule has 2 heterocycles. The zero-order valence-corrected chi connectivity index (χ0v) is 19.1. The molecule has 4 rings (SSSR count). The van der Waals surface area contributed by atoms with Crippen molar-refractivity contribution in [3.05, 3.63) is 86.2 Å². The Balaban J connectivity index is 1.77. The van der Waals surface area contributed by atoms with Gasteiger partial charge in [0, 0.05) is 27.3 Å². The molecule has 162 valence electrons. The number of hydrogen-bond donors (Lipinski definition) is 2. The summed E-state index contributed by atoms with van der Waals surface area (Å²) >= 11 is 24.7. The molecule has 0 spiro atoms. The fourth-order valence-corrected chi connectivity index (χ4v) is 4.26. The van der Waals surface area contributed by atoms with E-state index in [4.69, 9.17) is 46.4 Å². The van der Waals surface area contributed by atoms with Crippen LogP contribution in [0.1, 0.15) is 15.9 Å². The van der Waals surface area contributed by atoms with Gasteiger partial charge in [0.25, 0.3) is 11.7 Å². The average molecular weight is 509 g/mol. The van der Waals surface area contributed by atoms with Gasteiger partial charge in [-0.15, -0.1) is 0 Å². The van der Waals surface area contributed by atoms with E-state index in [2.05, 4.69) is 10.3 Å². The van der Waals surface area contributed by atoms with Crippen molar-refractivity contribution in [1.29, 1.82) is 0 Å². The van der Waals surface area contributed by atoms with Gasteiger partial charge in [-0.25, -0.2) is 4.98 Å². The number of aromatic hydroxyl groups is 1. The first kappa shape index (κ1) is 22.4. The third-order valence-corrected chi connectivity index (χ3v) is 5.93. The first-order valence-electron chi connectivity index (χ1n) is 9.16. The molecule has 0 saturated carbocycles. The van der Waals surface area contributed by atoms with Crippen LogP contribution in [0.15, 0.2) is 54.7 Å². The number of pyridine rings is 1. The number of fused-ring (bicyclic) bond motifs is 1. The van der Waals surface area contributed by atoms with Crippen LogP contribution in [0, 0.1) is 0 Å². The predicted molar refractivity (Wildman–Crippen MR) is 126 cm³/mol. The van der Waals surface area contributed by atoms with Gasteiger partial charge in [-0.05, 0) is 48.0 Å². The smallest absolute Gasteiger partial charge is 0.296 e. The molecule has 0 fully saturated rings. The molecule has 0 aliphatic carbocycles. The molecule has 32 heavy (non-hydrogen) atoms. The van der Waals surface area contributed by atoms with Crippen LogP contribution >= 0.6 is 46.4 Å². The second-order valence-electron chi connectivity index (χ2n) is 6.84. The molecular weight excluding hydrogens is 496 g/mol. The Bertz CT molecular complexity index is 1380. The summed E-state index contributed by atoms with van der Waals surface area (Å²) in [6, 6.07) is 12.4. The summed E-state index contributed by atoms with van der Waals surface area (Å²) in [4.78, 5) is 29.6. The van der Waals surface area contributed by atoms with E-state index in [1.54, 1.807) is 28.8 Å². The number of aromatic nitrogens is 2. The van der Waals surface area contributed by atoms with Crippen LogP contribution < -0.4 is 5.32 Å². The van der Waals surface area contributed by atoms with Crippen LogP contribution in [0.25, 0.3) is 10.9 Å². The Morgan fingerprint density at radius 3 is 2.50 bits per heavy atom. The van der Waals surface area contributed by atoms with E-state index < -0.39 is 11.7 Å². The highest BCUT2D eigenvalue weighted by molar-refractivity contribution is 6.52. The number of hydrogen-bond acceptors (Lipinski definition) is 4. The van der Waals surface area contributed by atoms with E-state index in [1.807, 2.05) is 0 Å². The summed E-state index contributed by atoms with van der Waals surface area (Å²) in [5, 5.41) is 13.9. The van der Waals surface area contributed by atoms with Crippen LogP contribution in [0.2, 0.25) is 20.4 Å². The van der Waals surface area contributed by atoms with Crippen molar-refractivity contribution in [2.75, 3.05) is 5.32 Å². The van der Waals surface area contributed by atoms with Crippen molar-refractivity contribution < 1.29 is 14.7 Å². The lowest BCUT2D eigenvalue weighted by atomic mass is 10.1. The molecule has 1 amide bonds. The SMILES string of the molecule is O=C(Nc1ccnc(Cl)c1)C(=O)c1c(Cl)n(Cc2ccc(Cl)cc2Cl)c2ccc(O)cc12.